The van der Waals surface area contributed by atoms with E-state index in [2.05, 4.69) is 36.0 Å². The van der Waals surface area contributed by atoms with Crippen LogP contribution in [0.25, 0.3) is 0 Å². The number of nitrogens with one attached hydrogen (secondary N) is 1. The van der Waals surface area contributed by atoms with Crippen molar-refractivity contribution < 1.29 is 5.11 Å². The predicted octanol–water partition coefficient (Wildman–Crippen LogP) is 4.24. The van der Waals surface area contributed by atoms with E-state index in [1.165, 1.54) is 18.4 Å². The predicted molar refractivity (Wildman–Crippen MR) is 89.4 cm³/mol. The first-order chi connectivity index (χ1) is 9.37. The van der Waals surface area contributed by atoms with Crippen molar-refractivity contribution in [2.24, 2.45) is 5.92 Å². The van der Waals surface area contributed by atoms with Crippen LogP contribution in [0.5, 0.6) is 0 Å². The van der Waals surface area contributed by atoms with E-state index in [4.69, 9.17) is 0 Å². The second kappa shape index (κ2) is 8.81. The SMILES string of the molecule is CC(CCCC(C)(C)O)CCNC(C)Cc1ccsc1. The minimum Gasteiger partial charge on any atom is -0.390 e. The Balaban J connectivity index is 2.05. The van der Waals surface area contributed by atoms with Crippen molar-refractivity contribution in [3.63, 3.8) is 0 Å². The molecule has 0 saturated heterocycles. The van der Waals surface area contributed by atoms with E-state index in [-0.39, 0.29) is 0 Å². The maximum Gasteiger partial charge on any atom is 0.0591 e. The fourth-order valence-corrected chi connectivity index (χ4v) is 3.12. The van der Waals surface area contributed by atoms with Crippen molar-refractivity contribution in [1.82, 2.24) is 5.32 Å². The Hall–Kier alpha value is -0.380. The summed E-state index contributed by atoms with van der Waals surface area (Å²) in [6, 6.07) is 2.76. The van der Waals surface area contributed by atoms with Gasteiger partial charge in [-0.05, 0) is 74.9 Å². The van der Waals surface area contributed by atoms with Gasteiger partial charge < -0.3 is 10.4 Å². The van der Waals surface area contributed by atoms with Crippen LogP contribution < -0.4 is 5.32 Å². The Kier molecular flexibility index (Phi) is 7.78. The van der Waals surface area contributed by atoms with Gasteiger partial charge in [0.1, 0.15) is 0 Å². The highest BCUT2D eigenvalue weighted by molar-refractivity contribution is 7.07. The molecule has 20 heavy (non-hydrogen) atoms. The van der Waals surface area contributed by atoms with E-state index in [9.17, 15) is 5.11 Å². The fraction of sp³-hybridized carbons (Fsp3) is 0.765. The quantitative estimate of drug-likeness (QED) is 0.677. The molecule has 0 aliphatic carbocycles. The summed E-state index contributed by atoms with van der Waals surface area (Å²) in [5.41, 5.74) is 0.931. The molecular formula is C17H31NOS. The molecule has 3 heteroatoms. The van der Waals surface area contributed by atoms with Crippen molar-refractivity contribution in [1.29, 1.82) is 0 Å². The van der Waals surface area contributed by atoms with Gasteiger partial charge in [0.05, 0.1) is 5.60 Å². The zero-order valence-corrected chi connectivity index (χ0v) is 14.3. The second-order valence-electron chi connectivity index (χ2n) is 6.79. The highest BCUT2D eigenvalue weighted by atomic mass is 32.1. The van der Waals surface area contributed by atoms with Gasteiger partial charge in [-0.25, -0.2) is 0 Å². The molecule has 1 heterocycles. The third-order valence-corrected chi connectivity index (χ3v) is 4.47. The van der Waals surface area contributed by atoms with E-state index in [0.29, 0.717) is 6.04 Å². The smallest absolute Gasteiger partial charge is 0.0591 e. The highest BCUT2D eigenvalue weighted by Crippen LogP contribution is 2.17. The average Bonchev–Trinajstić information content (AvgIpc) is 2.79. The summed E-state index contributed by atoms with van der Waals surface area (Å²) in [6.07, 6.45) is 5.58. The van der Waals surface area contributed by atoms with Gasteiger partial charge in [-0.3, -0.25) is 0 Å². The van der Waals surface area contributed by atoms with Crippen LogP contribution in [-0.4, -0.2) is 23.3 Å². The zero-order valence-electron chi connectivity index (χ0n) is 13.5. The first-order valence-electron chi connectivity index (χ1n) is 7.83. The van der Waals surface area contributed by atoms with E-state index in [1.54, 1.807) is 11.3 Å². The Bertz CT molecular complexity index is 342. The zero-order chi connectivity index (χ0) is 15.0. The highest BCUT2D eigenvalue weighted by Gasteiger charge is 2.12. The van der Waals surface area contributed by atoms with E-state index in [0.717, 1.165) is 31.7 Å². The molecule has 2 N–H and O–H groups in total. The summed E-state index contributed by atoms with van der Waals surface area (Å²) in [7, 11) is 0. The van der Waals surface area contributed by atoms with Gasteiger partial charge in [-0.2, -0.15) is 11.3 Å². The van der Waals surface area contributed by atoms with Crippen molar-refractivity contribution in [3.8, 4) is 0 Å². The van der Waals surface area contributed by atoms with Crippen molar-refractivity contribution in [2.75, 3.05) is 6.54 Å². The molecule has 0 saturated carbocycles. The molecule has 1 rings (SSSR count). The van der Waals surface area contributed by atoms with Gasteiger partial charge in [0.2, 0.25) is 0 Å². The van der Waals surface area contributed by atoms with Crippen LogP contribution in [-0.2, 0) is 6.42 Å². The summed E-state index contributed by atoms with van der Waals surface area (Å²) in [4.78, 5) is 0. The largest absolute Gasteiger partial charge is 0.390 e. The van der Waals surface area contributed by atoms with Crippen LogP contribution in [0.3, 0.4) is 0 Å². The second-order valence-corrected chi connectivity index (χ2v) is 7.57. The van der Waals surface area contributed by atoms with Gasteiger partial charge in [0, 0.05) is 6.04 Å². The third kappa shape index (κ3) is 8.72. The van der Waals surface area contributed by atoms with Crippen LogP contribution in [0.1, 0.15) is 58.9 Å². The molecule has 0 aromatic carbocycles. The van der Waals surface area contributed by atoms with Crippen molar-refractivity contribution in [2.45, 2.75) is 71.4 Å². The topological polar surface area (TPSA) is 32.3 Å². The molecule has 0 fully saturated rings. The van der Waals surface area contributed by atoms with E-state index < -0.39 is 5.60 Å². The van der Waals surface area contributed by atoms with Gasteiger partial charge >= 0.3 is 0 Å². The molecule has 1 aromatic rings. The van der Waals surface area contributed by atoms with Gasteiger partial charge in [0.15, 0.2) is 0 Å². The molecular weight excluding hydrogens is 266 g/mol. The molecule has 1 aromatic heterocycles. The molecule has 2 unspecified atom stereocenters. The Labute approximate surface area is 128 Å². The van der Waals surface area contributed by atoms with Crippen molar-refractivity contribution >= 4 is 11.3 Å². The number of hydrogen-bond donors (Lipinski definition) is 2. The minimum atomic E-state index is -0.507. The molecule has 0 radical (unpaired) electrons. The number of thiophene rings is 1. The van der Waals surface area contributed by atoms with Crippen LogP contribution in [0, 0.1) is 5.92 Å². The molecule has 116 valence electrons. The standard InChI is InChI=1S/C17H31NOS/c1-14(6-5-9-17(3,4)19)7-10-18-15(2)12-16-8-11-20-13-16/h8,11,13-15,18-19H,5-7,9-10,12H2,1-4H3. The molecule has 2 atom stereocenters. The molecule has 0 aliphatic heterocycles. The first kappa shape index (κ1) is 17.7. The number of aliphatic hydroxyl groups is 1. The Morgan fingerprint density at radius 3 is 2.65 bits per heavy atom. The summed E-state index contributed by atoms with van der Waals surface area (Å²) in [5.74, 6) is 0.734. The average molecular weight is 298 g/mol. The lowest BCUT2D eigenvalue weighted by molar-refractivity contribution is 0.0669. The number of rotatable bonds is 10. The lowest BCUT2D eigenvalue weighted by Gasteiger charge is -2.19. The minimum absolute atomic E-state index is 0.507. The van der Waals surface area contributed by atoms with Crippen LogP contribution in [0.15, 0.2) is 16.8 Å². The summed E-state index contributed by atoms with van der Waals surface area (Å²) < 4.78 is 0. The van der Waals surface area contributed by atoms with Crippen LogP contribution in [0.4, 0.5) is 0 Å². The lowest BCUT2D eigenvalue weighted by atomic mass is 9.95. The molecule has 0 spiro atoms. The Morgan fingerprint density at radius 1 is 1.30 bits per heavy atom. The van der Waals surface area contributed by atoms with Crippen molar-refractivity contribution in [3.05, 3.63) is 22.4 Å². The van der Waals surface area contributed by atoms with Gasteiger partial charge in [-0.15, -0.1) is 0 Å². The van der Waals surface area contributed by atoms with Crippen LogP contribution >= 0.6 is 11.3 Å². The molecule has 0 bridgehead atoms. The molecule has 2 nitrogen and oxygen atoms in total. The normalized spacial score (nSPS) is 15.2. The summed E-state index contributed by atoms with van der Waals surface area (Å²) in [5, 5.41) is 17.7. The maximum atomic E-state index is 9.69. The summed E-state index contributed by atoms with van der Waals surface area (Å²) in [6.45, 7) is 9.46. The third-order valence-electron chi connectivity index (χ3n) is 3.74. The lowest BCUT2D eigenvalue weighted by Crippen LogP contribution is -2.29. The van der Waals surface area contributed by atoms with Crippen LogP contribution in [0.2, 0.25) is 0 Å². The number of hydrogen-bond acceptors (Lipinski definition) is 3. The van der Waals surface area contributed by atoms with E-state index in [1.807, 2.05) is 13.8 Å². The monoisotopic (exact) mass is 297 g/mol. The molecule has 0 amide bonds. The molecule has 0 aliphatic rings. The van der Waals surface area contributed by atoms with Gasteiger partial charge in [-0.1, -0.05) is 19.8 Å². The van der Waals surface area contributed by atoms with E-state index >= 15 is 0 Å². The first-order valence-corrected chi connectivity index (χ1v) is 8.78. The maximum absolute atomic E-state index is 9.69. The summed E-state index contributed by atoms with van der Waals surface area (Å²) >= 11 is 1.77. The Morgan fingerprint density at radius 2 is 2.05 bits per heavy atom. The van der Waals surface area contributed by atoms with Gasteiger partial charge in [0.25, 0.3) is 0 Å². The fourth-order valence-electron chi connectivity index (χ4n) is 2.44.